The minimum Gasteiger partial charge on any atom is -0.494 e. The van der Waals surface area contributed by atoms with Gasteiger partial charge in [0.25, 0.3) is 0 Å². The standard InChI is InChI=1S/C27H37N3O5/c1-4-34-24-11-8-20(16-29(2)3)14-23(24)18-30-17-22-10-9-21(27(32)33)15-25(22)35-13-7-5-6-12-28-26(31)19-30/h8-11,14-15H,4-7,12-13,16-19H2,1-3H3,(H,28,31)(H,32,33). The van der Waals surface area contributed by atoms with E-state index in [-0.39, 0.29) is 18.0 Å². The second kappa shape index (κ2) is 13.1. The van der Waals surface area contributed by atoms with E-state index in [4.69, 9.17) is 9.47 Å². The van der Waals surface area contributed by atoms with Crippen LogP contribution in [0.3, 0.4) is 0 Å². The first kappa shape index (κ1) is 26.5. The molecule has 3 rings (SSSR count). The molecule has 0 unspecified atom stereocenters. The van der Waals surface area contributed by atoms with E-state index in [9.17, 15) is 14.7 Å². The predicted molar refractivity (Wildman–Crippen MR) is 135 cm³/mol. The lowest BCUT2D eigenvalue weighted by Gasteiger charge is -2.25. The monoisotopic (exact) mass is 483 g/mol. The Kier molecular flexibility index (Phi) is 9.93. The summed E-state index contributed by atoms with van der Waals surface area (Å²) in [5, 5.41) is 12.5. The van der Waals surface area contributed by atoms with Crippen LogP contribution >= 0.6 is 0 Å². The van der Waals surface area contributed by atoms with Gasteiger partial charge >= 0.3 is 5.97 Å². The van der Waals surface area contributed by atoms with Crippen LogP contribution in [0.1, 0.15) is 53.2 Å². The SMILES string of the molecule is CCOc1ccc(CN(C)C)cc1CN1CC(=O)NCCCCCOc2cc(C(=O)O)ccc2C1. The summed E-state index contributed by atoms with van der Waals surface area (Å²) in [6.45, 7) is 5.59. The lowest BCUT2D eigenvalue weighted by atomic mass is 10.1. The highest BCUT2D eigenvalue weighted by molar-refractivity contribution is 5.88. The molecule has 2 aromatic rings. The Morgan fingerprint density at radius 3 is 2.71 bits per heavy atom. The molecule has 0 aromatic heterocycles. The summed E-state index contributed by atoms with van der Waals surface area (Å²) in [7, 11) is 4.06. The average molecular weight is 484 g/mol. The Balaban J connectivity index is 1.94. The number of benzene rings is 2. The minimum atomic E-state index is -0.991. The molecule has 190 valence electrons. The van der Waals surface area contributed by atoms with E-state index in [2.05, 4.69) is 22.3 Å². The van der Waals surface area contributed by atoms with Crippen LogP contribution in [0.15, 0.2) is 36.4 Å². The molecule has 35 heavy (non-hydrogen) atoms. The molecule has 8 heteroatoms. The molecule has 0 aliphatic carbocycles. The highest BCUT2D eigenvalue weighted by atomic mass is 16.5. The number of carbonyl (C=O) groups excluding carboxylic acids is 1. The summed E-state index contributed by atoms with van der Waals surface area (Å²) >= 11 is 0. The van der Waals surface area contributed by atoms with Gasteiger partial charge in [-0.3, -0.25) is 9.69 Å². The number of fused-ring (bicyclic) bond motifs is 1. The van der Waals surface area contributed by atoms with Gasteiger partial charge in [-0.15, -0.1) is 0 Å². The molecule has 1 aliphatic heterocycles. The topological polar surface area (TPSA) is 91.3 Å². The molecule has 0 fully saturated rings. The van der Waals surface area contributed by atoms with Crippen molar-refractivity contribution in [3.8, 4) is 11.5 Å². The Labute approximate surface area is 207 Å². The third kappa shape index (κ3) is 8.26. The number of amides is 1. The first-order valence-electron chi connectivity index (χ1n) is 12.2. The normalized spacial score (nSPS) is 15.7. The zero-order valence-corrected chi connectivity index (χ0v) is 21.0. The van der Waals surface area contributed by atoms with Crippen LogP contribution < -0.4 is 14.8 Å². The van der Waals surface area contributed by atoms with Gasteiger partial charge in [-0.05, 0) is 70.1 Å². The highest BCUT2D eigenvalue weighted by Gasteiger charge is 2.19. The van der Waals surface area contributed by atoms with Crippen LogP contribution in [-0.4, -0.2) is 67.2 Å². The number of nitrogens with one attached hydrogen (secondary N) is 1. The number of hydrogen-bond donors (Lipinski definition) is 2. The molecule has 8 nitrogen and oxygen atoms in total. The van der Waals surface area contributed by atoms with Gasteiger partial charge in [0.1, 0.15) is 11.5 Å². The molecular formula is C27H37N3O5. The van der Waals surface area contributed by atoms with Crippen LogP contribution in [0.4, 0.5) is 0 Å². The van der Waals surface area contributed by atoms with E-state index in [0.717, 1.165) is 42.7 Å². The lowest BCUT2D eigenvalue weighted by molar-refractivity contribution is -0.122. The van der Waals surface area contributed by atoms with Crippen LogP contribution in [0.2, 0.25) is 0 Å². The fraction of sp³-hybridized carbons (Fsp3) is 0.481. The van der Waals surface area contributed by atoms with E-state index in [0.29, 0.717) is 38.6 Å². The molecule has 1 aliphatic rings. The Bertz CT molecular complexity index is 1010. The maximum Gasteiger partial charge on any atom is 0.335 e. The van der Waals surface area contributed by atoms with Gasteiger partial charge in [-0.1, -0.05) is 12.1 Å². The number of rotatable bonds is 7. The van der Waals surface area contributed by atoms with Gasteiger partial charge in [0.15, 0.2) is 0 Å². The third-order valence-corrected chi connectivity index (χ3v) is 5.79. The summed E-state index contributed by atoms with van der Waals surface area (Å²) in [5.74, 6) is 0.336. The Hall–Kier alpha value is -3.10. The summed E-state index contributed by atoms with van der Waals surface area (Å²) in [5.41, 5.74) is 3.21. The molecule has 0 spiro atoms. The molecule has 0 atom stereocenters. The summed E-state index contributed by atoms with van der Waals surface area (Å²) in [6.07, 6.45) is 2.64. The number of carboxylic acid groups (broad SMARTS) is 1. The van der Waals surface area contributed by atoms with Gasteiger partial charge in [0.05, 0.1) is 25.3 Å². The quantitative estimate of drug-likeness (QED) is 0.623. The maximum absolute atomic E-state index is 12.8. The van der Waals surface area contributed by atoms with Crippen molar-refractivity contribution < 1.29 is 24.2 Å². The zero-order valence-electron chi connectivity index (χ0n) is 21.0. The number of carboxylic acids is 1. The van der Waals surface area contributed by atoms with Crippen molar-refractivity contribution in [2.24, 2.45) is 0 Å². The van der Waals surface area contributed by atoms with E-state index < -0.39 is 5.97 Å². The second-order valence-electron chi connectivity index (χ2n) is 9.14. The van der Waals surface area contributed by atoms with Crippen molar-refractivity contribution >= 4 is 11.9 Å². The first-order chi connectivity index (χ1) is 16.9. The summed E-state index contributed by atoms with van der Waals surface area (Å²) in [6, 6.07) is 11.2. The fourth-order valence-corrected chi connectivity index (χ4v) is 4.19. The summed E-state index contributed by atoms with van der Waals surface area (Å²) in [4.78, 5) is 28.5. The highest BCUT2D eigenvalue weighted by Crippen LogP contribution is 2.27. The van der Waals surface area contributed by atoms with E-state index in [1.807, 2.05) is 32.0 Å². The fourth-order valence-electron chi connectivity index (χ4n) is 4.19. The van der Waals surface area contributed by atoms with Crippen molar-refractivity contribution in [3.63, 3.8) is 0 Å². The number of hydrogen-bond acceptors (Lipinski definition) is 6. The van der Waals surface area contributed by atoms with Crippen LogP contribution in [-0.2, 0) is 24.4 Å². The largest absolute Gasteiger partial charge is 0.494 e. The molecule has 2 aromatic carbocycles. The zero-order chi connectivity index (χ0) is 25.2. The maximum atomic E-state index is 12.8. The van der Waals surface area contributed by atoms with Crippen molar-refractivity contribution in [2.75, 3.05) is 40.4 Å². The van der Waals surface area contributed by atoms with E-state index in [1.54, 1.807) is 18.2 Å². The number of nitrogens with zero attached hydrogens (tertiary/aromatic N) is 2. The average Bonchev–Trinajstić information content (AvgIpc) is 2.81. The Morgan fingerprint density at radius 2 is 1.97 bits per heavy atom. The summed E-state index contributed by atoms with van der Waals surface area (Å²) < 4.78 is 11.9. The second-order valence-corrected chi connectivity index (χ2v) is 9.14. The first-order valence-corrected chi connectivity index (χ1v) is 12.2. The van der Waals surface area contributed by atoms with Crippen molar-refractivity contribution in [1.29, 1.82) is 0 Å². The van der Waals surface area contributed by atoms with Crippen molar-refractivity contribution in [2.45, 2.75) is 45.8 Å². The molecule has 1 heterocycles. The molecule has 0 bridgehead atoms. The Morgan fingerprint density at radius 1 is 1.14 bits per heavy atom. The van der Waals surface area contributed by atoms with Crippen LogP contribution in [0.5, 0.6) is 11.5 Å². The molecule has 0 saturated heterocycles. The number of carbonyl (C=O) groups is 2. The molecule has 2 N–H and O–H groups in total. The smallest absolute Gasteiger partial charge is 0.335 e. The minimum absolute atomic E-state index is 0.0312. The van der Waals surface area contributed by atoms with Crippen molar-refractivity contribution in [3.05, 3.63) is 58.7 Å². The van der Waals surface area contributed by atoms with E-state index in [1.165, 1.54) is 5.56 Å². The lowest BCUT2D eigenvalue weighted by Crippen LogP contribution is -2.37. The van der Waals surface area contributed by atoms with E-state index >= 15 is 0 Å². The van der Waals surface area contributed by atoms with Gasteiger partial charge in [-0.2, -0.15) is 0 Å². The van der Waals surface area contributed by atoms with Gasteiger partial charge in [-0.25, -0.2) is 4.79 Å². The van der Waals surface area contributed by atoms with Gasteiger partial charge < -0.3 is 24.8 Å². The van der Waals surface area contributed by atoms with Crippen LogP contribution in [0, 0.1) is 0 Å². The number of aromatic carboxylic acids is 1. The molecule has 1 amide bonds. The number of ether oxygens (including phenoxy) is 2. The molecule has 0 radical (unpaired) electrons. The van der Waals surface area contributed by atoms with Gasteiger partial charge in [0, 0.05) is 37.3 Å². The molecule has 0 saturated carbocycles. The molecular weight excluding hydrogens is 446 g/mol. The van der Waals surface area contributed by atoms with Gasteiger partial charge in [0.2, 0.25) is 5.91 Å². The van der Waals surface area contributed by atoms with Crippen LogP contribution in [0.25, 0.3) is 0 Å². The predicted octanol–water partition coefficient (Wildman–Crippen LogP) is 3.53. The van der Waals surface area contributed by atoms with Crippen molar-refractivity contribution in [1.82, 2.24) is 15.1 Å². The third-order valence-electron chi connectivity index (χ3n) is 5.79.